The quantitative estimate of drug-likeness (QED) is 0.0726. The number of amides is 4. The number of hydrogen-bond acceptors (Lipinski definition) is 12. The average molecular weight is 675 g/mol. The van der Waals surface area contributed by atoms with Gasteiger partial charge in [-0.15, -0.1) is 0 Å². The highest BCUT2D eigenvalue weighted by Crippen LogP contribution is 2.15. The fourth-order valence-corrected chi connectivity index (χ4v) is 4.81. The van der Waals surface area contributed by atoms with E-state index in [-0.39, 0.29) is 31.0 Å². The third-order valence-electron chi connectivity index (χ3n) is 7.45. The van der Waals surface area contributed by atoms with Gasteiger partial charge in [0.2, 0.25) is 23.6 Å². The number of phenols is 1. The molecule has 0 aliphatic carbocycles. The number of carbonyl (C=O) groups excluding carboxylic acids is 5. The van der Waals surface area contributed by atoms with Crippen LogP contribution in [0.15, 0.2) is 67.3 Å². The number of nitrogens with two attached hydrogens (primary N) is 2. The van der Waals surface area contributed by atoms with Gasteiger partial charge < -0.3 is 47.1 Å². The topological polar surface area (TPSA) is 259 Å². The summed E-state index contributed by atoms with van der Waals surface area (Å²) in [6.45, 7) is 0.802. The molecule has 17 nitrogen and oxygen atoms in total. The molecule has 0 fully saturated rings. The fraction of sp³-hybridized carbons (Fsp3) is 0.312. The molecule has 0 spiro atoms. The summed E-state index contributed by atoms with van der Waals surface area (Å²) in [7, 11) is 1.17. The van der Waals surface area contributed by atoms with E-state index in [0.29, 0.717) is 16.7 Å². The maximum absolute atomic E-state index is 13.6. The maximum atomic E-state index is 13.6. The number of anilines is 1. The van der Waals surface area contributed by atoms with Crippen molar-refractivity contribution in [2.45, 2.75) is 50.5 Å². The van der Waals surface area contributed by atoms with Gasteiger partial charge in [-0.25, -0.2) is 19.7 Å². The lowest BCUT2D eigenvalue weighted by Crippen LogP contribution is -2.56. The largest absolute Gasteiger partial charge is 0.508 e. The van der Waals surface area contributed by atoms with Crippen LogP contribution in [0.25, 0.3) is 11.2 Å². The van der Waals surface area contributed by atoms with Crippen molar-refractivity contribution < 1.29 is 33.8 Å². The summed E-state index contributed by atoms with van der Waals surface area (Å²) in [4.78, 5) is 76.8. The van der Waals surface area contributed by atoms with Crippen molar-refractivity contribution in [1.82, 2.24) is 40.8 Å². The van der Waals surface area contributed by atoms with Gasteiger partial charge in [0, 0.05) is 6.42 Å². The SMILES string of the molecule is COC(=O)[C@H](Cn1cnc2c(N)ncnc21)NC(=O)[C@H](Cc1ccccc1)NC(=O)CNC(=O)[C@@H](C)NC(=O)[C@@H](N)Cc1ccc(O)cc1. The van der Waals surface area contributed by atoms with Gasteiger partial charge in [0.05, 0.1) is 32.6 Å². The molecule has 2 aromatic carbocycles. The Labute approximate surface area is 280 Å². The van der Waals surface area contributed by atoms with Crippen molar-refractivity contribution in [3.63, 3.8) is 0 Å². The van der Waals surface area contributed by atoms with E-state index in [9.17, 15) is 29.1 Å². The van der Waals surface area contributed by atoms with Crippen LogP contribution in [0.2, 0.25) is 0 Å². The summed E-state index contributed by atoms with van der Waals surface area (Å²) < 4.78 is 6.42. The summed E-state index contributed by atoms with van der Waals surface area (Å²) in [5.41, 5.74) is 13.9. The molecule has 0 unspecified atom stereocenters. The molecule has 9 N–H and O–H groups in total. The average Bonchev–Trinajstić information content (AvgIpc) is 3.51. The van der Waals surface area contributed by atoms with Crippen LogP contribution in [0.1, 0.15) is 18.1 Å². The molecule has 0 aliphatic rings. The van der Waals surface area contributed by atoms with Crippen molar-refractivity contribution in [2.75, 3.05) is 19.4 Å². The molecular weight excluding hydrogens is 636 g/mol. The number of aromatic nitrogens is 4. The van der Waals surface area contributed by atoms with E-state index in [1.807, 2.05) is 0 Å². The number of nitrogens with zero attached hydrogens (tertiary/aromatic N) is 4. The molecule has 0 bridgehead atoms. The molecule has 17 heteroatoms. The van der Waals surface area contributed by atoms with Gasteiger partial charge in [0.25, 0.3) is 0 Å². The molecule has 258 valence electrons. The van der Waals surface area contributed by atoms with Crippen molar-refractivity contribution in [1.29, 1.82) is 0 Å². The van der Waals surface area contributed by atoms with Crippen LogP contribution in [-0.2, 0) is 48.1 Å². The Hall–Kier alpha value is -6.10. The van der Waals surface area contributed by atoms with Gasteiger partial charge in [0.15, 0.2) is 11.5 Å². The van der Waals surface area contributed by atoms with Crippen LogP contribution in [-0.4, -0.2) is 92.0 Å². The van der Waals surface area contributed by atoms with Gasteiger partial charge in [-0.1, -0.05) is 42.5 Å². The highest BCUT2D eigenvalue weighted by atomic mass is 16.5. The van der Waals surface area contributed by atoms with Crippen LogP contribution in [0, 0.1) is 0 Å². The second kappa shape index (κ2) is 16.6. The van der Waals surface area contributed by atoms with Crippen molar-refractivity contribution >= 4 is 46.6 Å². The van der Waals surface area contributed by atoms with E-state index >= 15 is 0 Å². The normalized spacial score (nSPS) is 13.4. The Morgan fingerprint density at radius 3 is 2.24 bits per heavy atom. The number of methoxy groups -OCH3 is 1. The highest BCUT2D eigenvalue weighted by Gasteiger charge is 2.29. The van der Waals surface area contributed by atoms with Crippen LogP contribution in [0.4, 0.5) is 5.82 Å². The number of fused-ring (bicyclic) bond motifs is 1. The minimum Gasteiger partial charge on any atom is -0.508 e. The van der Waals surface area contributed by atoms with Gasteiger partial charge >= 0.3 is 5.97 Å². The first-order valence-electron chi connectivity index (χ1n) is 15.2. The second-order valence-electron chi connectivity index (χ2n) is 11.1. The number of esters is 1. The molecule has 0 aliphatic heterocycles. The van der Waals surface area contributed by atoms with E-state index in [1.165, 1.54) is 43.4 Å². The molecule has 0 saturated heterocycles. The Balaban J connectivity index is 1.37. The zero-order chi connectivity index (χ0) is 35.5. The van der Waals surface area contributed by atoms with Gasteiger partial charge in [-0.05, 0) is 36.6 Å². The second-order valence-corrected chi connectivity index (χ2v) is 11.1. The molecule has 4 atom stereocenters. The highest BCUT2D eigenvalue weighted by molar-refractivity contribution is 5.94. The van der Waals surface area contributed by atoms with E-state index in [1.54, 1.807) is 42.5 Å². The molecular formula is C32H38N10O7. The predicted octanol–water partition coefficient (Wildman–Crippen LogP) is -1.31. The minimum atomic E-state index is -1.20. The summed E-state index contributed by atoms with van der Waals surface area (Å²) in [6, 6.07) is 10.7. The number of aromatic hydroxyl groups is 1. The van der Waals surface area contributed by atoms with E-state index in [4.69, 9.17) is 16.2 Å². The molecule has 49 heavy (non-hydrogen) atoms. The number of rotatable bonds is 15. The first-order valence-corrected chi connectivity index (χ1v) is 15.2. The van der Waals surface area contributed by atoms with Gasteiger partial charge in [-0.2, -0.15) is 0 Å². The van der Waals surface area contributed by atoms with E-state index in [2.05, 4.69) is 36.2 Å². The van der Waals surface area contributed by atoms with Crippen LogP contribution in [0.3, 0.4) is 0 Å². The molecule has 0 radical (unpaired) electrons. The van der Waals surface area contributed by atoms with E-state index in [0.717, 1.165) is 5.56 Å². The van der Waals surface area contributed by atoms with Gasteiger partial charge in [-0.3, -0.25) is 19.2 Å². The Bertz CT molecular complexity index is 1780. The molecule has 2 heterocycles. The fourth-order valence-electron chi connectivity index (χ4n) is 4.81. The standard InChI is InChI=1S/C32H38N10O7/c1-18(39-30(46)22(33)12-20-8-10-21(43)11-9-20)29(45)35-14-25(44)40-23(13-19-6-4-3-5-7-19)31(47)41-24(32(48)49-2)15-42-17-38-26-27(34)36-16-37-28(26)42/h3-11,16-18,22-24,43H,12-15,33H2,1-2H3,(H,35,45)(H,39,46)(H,40,44)(H,41,47)(H2,34,36,37)/t18-,22+,23+,24+/m1/s1. The summed E-state index contributed by atoms with van der Waals surface area (Å²) in [5, 5.41) is 19.6. The Morgan fingerprint density at radius 1 is 0.857 bits per heavy atom. The van der Waals surface area contributed by atoms with Crippen molar-refractivity contribution in [3.8, 4) is 5.75 Å². The number of nitrogens with one attached hydrogen (secondary N) is 4. The number of benzene rings is 2. The lowest BCUT2D eigenvalue weighted by Gasteiger charge is -2.23. The lowest BCUT2D eigenvalue weighted by molar-refractivity contribution is -0.145. The number of ether oxygens (including phenoxy) is 1. The number of nitrogen functional groups attached to an aromatic ring is 1. The van der Waals surface area contributed by atoms with Crippen molar-refractivity contribution in [2.24, 2.45) is 5.73 Å². The summed E-state index contributed by atoms with van der Waals surface area (Å²) in [5.74, 6) is -3.17. The maximum Gasteiger partial charge on any atom is 0.330 e. The monoisotopic (exact) mass is 674 g/mol. The van der Waals surface area contributed by atoms with Crippen molar-refractivity contribution in [3.05, 3.63) is 78.4 Å². The first kappa shape index (κ1) is 35.7. The Morgan fingerprint density at radius 2 is 1.55 bits per heavy atom. The number of imidazole rings is 1. The lowest BCUT2D eigenvalue weighted by atomic mass is 10.0. The van der Waals surface area contributed by atoms with E-state index < -0.39 is 60.3 Å². The predicted molar refractivity (Wildman–Crippen MR) is 176 cm³/mol. The zero-order valence-corrected chi connectivity index (χ0v) is 26.8. The molecule has 4 amide bonds. The number of carbonyl (C=O) groups is 5. The summed E-state index contributed by atoms with van der Waals surface area (Å²) >= 11 is 0. The van der Waals surface area contributed by atoms with Crippen LogP contribution < -0.4 is 32.7 Å². The van der Waals surface area contributed by atoms with Crippen LogP contribution in [0.5, 0.6) is 5.75 Å². The third-order valence-corrected chi connectivity index (χ3v) is 7.45. The third kappa shape index (κ3) is 9.94. The van der Waals surface area contributed by atoms with Crippen LogP contribution >= 0.6 is 0 Å². The smallest absolute Gasteiger partial charge is 0.330 e. The first-order chi connectivity index (χ1) is 23.4. The number of phenolic OH excluding ortho intramolecular Hbond substituents is 1. The molecule has 4 rings (SSSR count). The van der Waals surface area contributed by atoms with Gasteiger partial charge in [0.1, 0.15) is 35.7 Å². The Kier molecular flexibility index (Phi) is 12.1. The zero-order valence-electron chi connectivity index (χ0n) is 26.8. The minimum absolute atomic E-state index is 0.0589. The molecule has 0 saturated carbocycles. The summed E-state index contributed by atoms with van der Waals surface area (Å²) in [6.07, 6.45) is 2.88. The molecule has 4 aromatic rings. The molecule has 2 aromatic heterocycles. The number of hydrogen-bond donors (Lipinski definition) is 7.